The first-order chi connectivity index (χ1) is 10.2. The number of aryl methyl sites for hydroxylation is 1. The summed E-state index contributed by atoms with van der Waals surface area (Å²) in [5.41, 5.74) is 1.17. The molecule has 0 aliphatic carbocycles. The number of methoxy groups -OCH3 is 1. The SMILES string of the molecule is COCCOCN1C=CCC(S(=O)c2ccc(C)cc2)=C1. The Morgan fingerprint density at radius 1 is 1.24 bits per heavy atom. The molecule has 1 aromatic carbocycles. The lowest BCUT2D eigenvalue weighted by molar-refractivity contribution is 0.0346. The molecule has 1 aliphatic rings. The van der Waals surface area contributed by atoms with Gasteiger partial charge in [-0.15, -0.1) is 0 Å². The lowest BCUT2D eigenvalue weighted by Crippen LogP contribution is -2.19. The molecule has 1 unspecified atom stereocenters. The molecule has 2 rings (SSSR count). The van der Waals surface area contributed by atoms with Crippen LogP contribution in [0.25, 0.3) is 0 Å². The van der Waals surface area contributed by atoms with E-state index in [9.17, 15) is 4.21 Å². The second-order valence-electron chi connectivity index (χ2n) is 4.81. The average Bonchev–Trinajstić information content (AvgIpc) is 2.52. The first-order valence-electron chi connectivity index (χ1n) is 6.89. The molecule has 0 aromatic heterocycles. The van der Waals surface area contributed by atoms with Gasteiger partial charge in [-0.1, -0.05) is 23.8 Å². The minimum absolute atomic E-state index is 0.439. The van der Waals surface area contributed by atoms with Crippen LogP contribution in [-0.2, 0) is 20.3 Å². The largest absolute Gasteiger partial charge is 0.382 e. The monoisotopic (exact) mass is 307 g/mol. The molecule has 0 fully saturated rings. The van der Waals surface area contributed by atoms with E-state index in [4.69, 9.17) is 9.47 Å². The van der Waals surface area contributed by atoms with Crippen molar-refractivity contribution >= 4 is 10.8 Å². The zero-order valence-electron chi connectivity index (χ0n) is 12.5. The van der Waals surface area contributed by atoms with E-state index in [0.29, 0.717) is 26.4 Å². The molecule has 0 spiro atoms. The van der Waals surface area contributed by atoms with Crippen LogP contribution in [0.4, 0.5) is 0 Å². The molecule has 0 amide bonds. The third kappa shape index (κ3) is 4.81. The summed E-state index contributed by atoms with van der Waals surface area (Å²) < 4.78 is 23.0. The third-order valence-corrected chi connectivity index (χ3v) is 4.52. The van der Waals surface area contributed by atoms with Crippen molar-refractivity contribution in [3.8, 4) is 0 Å². The molecule has 114 valence electrons. The Balaban J connectivity index is 1.97. The van der Waals surface area contributed by atoms with E-state index >= 15 is 0 Å². The van der Waals surface area contributed by atoms with Crippen molar-refractivity contribution in [2.24, 2.45) is 0 Å². The molecule has 1 aliphatic heterocycles. The predicted octanol–water partition coefficient (Wildman–Crippen LogP) is 2.78. The summed E-state index contributed by atoms with van der Waals surface area (Å²) in [4.78, 5) is 3.62. The normalized spacial score (nSPS) is 15.9. The van der Waals surface area contributed by atoms with Crippen LogP contribution in [0.1, 0.15) is 12.0 Å². The van der Waals surface area contributed by atoms with Crippen molar-refractivity contribution in [2.75, 3.05) is 27.1 Å². The van der Waals surface area contributed by atoms with Gasteiger partial charge in [-0.25, -0.2) is 4.21 Å². The smallest absolute Gasteiger partial charge is 0.122 e. The van der Waals surface area contributed by atoms with Gasteiger partial charge in [0.1, 0.15) is 6.73 Å². The fraction of sp³-hybridized carbons (Fsp3) is 0.375. The number of ether oxygens (including phenoxy) is 2. The van der Waals surface area contributed by atoms with Crippen molar-refractivity contribution < 1.29 is 13.7 Å². The number of hydrogen-bond donors (Lipinski definition) is 0. The van der Waals surface area contributed by atoms with E-state index in [1.807, 2.05) is 54.6 Å². The van der Waals surface area contributed by atoms with Gasteiger partial charge in [0.2, 0.25) is 0 Å². The van der Waals surface area contributed by atoms with E-state index in [1.54, 1.807) is 7.11 Å². The highest BCUT2D eigenvalue weighted by molar-refractivity contribution is 7.89. The van der Waals surface area contributed by atoms with E-state index < -0.39 is 10.8 Å². The maximum atomic E-state index is 12.6. The summed E-state index contributed by atoms with van der Waals surface area (Å²) in [6.45, 7) is 3.58. The third-order valence-electron chi connectivity index (χ3n) is 3.07. The maximum Gasteiger partial charge on any atom is 0.122 e. The molecule has 0 radical (unpaired) electrons. The first-order valence-corrected chi connectivity index (χ1v) is 8.04. The van der Waals surface area contributed by atoms with Crippen LogP contribution in [0.15, 0.2) is 52.5 Å². The number of hydrogen-bond acceptors (Lipinski definition) is 4. The van der Waals surface area contributed by atoms with Gasteiger partial charge in [-0.3, -0.25) is 0 Å². The van der Waals surface area contributed by atoms with Crippen molar-refractivity contribution in [2.45, 2.75) is 18.2 Å². The minimum Gasteiger partial charge on any atom is -0.382 e. The Hall–Kier alpha value is -1.43. The molecular formula is C16H21NO3S. The molecule has 0 N–H and O–H groups in total. The van der Waals surface area contributed by atoms with E-state index in [1.165, 1.54) is 5.56 Å². The summed E-state index contributed by atoms with van der Waals surface area (Å²) in [7, 11) is 0.526. The molecule has 0 saturated heterocycles. The first kappa shape index (κ1) is 15.9. The van der Waals surface area contributed by atoms with Crippen LogP contribution in [0.3, 0.4) is 0 Å². The number of allylic oxidation sites excluding steroid dienone is 2. The van der Waals surface area contributed by atoms with Gasteiger partial charge in [-0.2, -0.15) is 0 Å². The quantitative estimate of drug-likeness (QED) is 0.726. The number of rotatable bonds is 7. The molecule has 0 saturated carbocycles. The summed E-state index contributed by atoms with van der Waals surface area (Å²) in [6, 6.07) is 7.81. The minimum atomic E-state index is -1.12. The van der Waals surface area contributed by atoms with E-state index in [2.05, 4.69) is 0 Å². The standard InChI is InChI=1S/C16H21NO3S/c1-14-5-7-15(8-6-14)21(18)16-4-3-9-17(12-16)13-20-11-10-19-2/h3,5-9,12H,4,10-11,13H2,1-2H3. The van der Waals surface area contributed by atoms with E-state index in [0.717, 1.165) is 9.80 Å². The molecule has 0 bridgehead atoms. The Labute approximate surface area is 128 Å². The van der Waals surface area contributed by atoms with Gasteiger partial charge >= 0.3 is 0 Å². The molecule has 4 nitrogen and oxygen atoms in total. The van der Waals surface area contributed by atoms with Gasteiger partial charge in [0, 0.05) is 35.7 Å². The van der Waals surface area contributed by atoms with Crippen LogP contribution in [0.5, 0.6) is 0 Å². The van der Waals surface area contributed by atoms with Gasteiger partial charge in [-0.05, 0) is 19.1 Å². The Kier molecular flexibility index (Phi) is 6.17. The van der Waals surface area contributed by atoms with Crippen molar-refractivity contribution in [3.05, 3.63) is 53.2 Å². The number of benzene rings is 1. The second-order valence-corrected chi connectivity index (χ2v) is 6.34. The summed E-state index contributed by atoms with van der Waals surface area (Å²) in [6.07, 6.45) is 6.56. The summed E-state index contributed by atoms with van der Waals surface area (Å²) in [5.74, 6) is 0. The number of nitrogens with zero attached hydrogens (tertiary/aromatic N) is 1. The highest BCUT2D eigenvalue weighted by Gasteiger charge is 2.13. The fourth-order valence-corrected chi connectivity index (χ4v) is 3.08. The van der Waals surface area contributed by atoms with E-state index in [-0.39, 0.29) is 0 Å². The Morgan fingerprint density at radius 3 is 2.71 bits per heavy atom. The van der Waals surface area contributed by atoms with Gasteiger partial charge in [0.25, 0.3) is 0 Å². The van der Waals surface area contributed by atoms with Crippen molar-refractivity contribution in [3.63, 3.8) is 0 Å². The van der Waals surface area contributed by atoms with Crippen LogP contribution in [-0.4, -0.2) is 36.2 Å². The molecule has 5 heteroatoms. The predicted molar refractivity (Wildman–Crippen MR) is 84.0 cm³/mol. The molecule has 1 heterocycles. The molecule has 1 aromatic rings. The summed E-state index contributed by atoms with van der Waals surface area (Å²) >= 11 is 0. The lowest BCUT2D eigenvalue weighted by atomic mass is 10.2. The lowest BCUT2D eigenvalue weighted by Gasteiger charge is -2.21. The van der Waals surface area contributed by atoms with Crippen LogP contribution >= 0.6 is 0 Å². The molecule has 21 heavy (non-hydrogen) atoms. The zero-order valence-corrected chi connectivity index (χ0v) is 13.3. The van der Waals surface area contributed by atoms with Gasteiger partial charge < -0.3 is 14.4 Å². The molecule has 1 atom stereocenters. The highest BCUT2D eigenvalue weighted by atomic mass is 32.2. The molecular weight excluding hydrogens is 286 g/mol. The van der Waals surface area contributed by atoms with Crippen LogP contribution < -0.4 is 0 Å². The van der Waals surface area contributed by atoms with Gasteiger partial charge in [0.05, 0.1) is 24.0 Å². The highest BCUT2D eigenvalue weighted by Crippen LogP contribution is 2.21. The maximum absolute atomic E-state index is 12.6. The fourth-order valence-electron chi connectivity index (χ4n) is 1.91. The Morgan fingerprint density at radius 2 is 2.00 bits per heavy atom. The van der Waals surface area contributed by atoms with Crippen LogP contribution in [0.2, 0.25) is 0 Å². The topological polar surface area (TPSA) is 38.8 Å². The summed E-state index contributed by atoms with van der Waals surface area (Å²) in [5, 5.41) is 0. The Bertz CT molecular complexity index is 537. The van der Waals surface area contributed by atoms with Crippen LogP contribution in [0, 0.1) is 6.92 Å². The average molecular weight is 307 g/mol. The van der Waals surface area contributed by atoms with Gasteiger partial charge in [0.15, 0.2) is 0 Å². The second kappa shape index (κ2) is 8.12. The van der Waals surface area contributed by atoms with Crippen molar-refractivity contribution in [1.29, 1.82) is 0 Å². The zero-order chi connectivity index (χ0) is 15.1. The van der Waals surface area contributed by atoms with Crippen molar-refractivity contribution in [1.82, 2.24) is 4.90 Å².